The lowest BCUT2D eigenvalue weighted by Crippen LogP contribution is -2.50. The number of nitrogens with two attached hydrogens (primary N) is 1. The zero-order valence-corrected chi connectivity index (χ0v) is 8.13. The third-order valence-corrected chi connectivity index (χ3v) is 3.11. The third-order valence-electron chi connectivity index (χ3n) is 3.11. The number of rotatable bonds is 1. The number of ether oxygens (including phenoxy) is 2. The van der Waals surface area contributed by atoms with Gasteiger partial charge in [-0.1, -0.05) is 19.3 Å². The molecule has 0 radical (unpaired) electrons. The maximum Gasteiger partial charge on any atom is 0.0939 e. The van der Waals surface area contributed by atoms with Crippen LogP contribution in [0.2, 0.25) is 0 Å². The van der Waals surface area contributed by atoms with E-state index in [2.05, 4.69) is 0 Å². The molecule has 2 N–H and O–H groups in total. The molecule has 0 bridgehead atoms. The molecule has 3 heteroatoms. The summed E-state index contributed by atoms with van der Waals surface area (Å²) in [6.45, 7) is 2.05. The first kappa shape index (κ1) is 9.44. The molecule has 3 nitrogen and oxygen atoms in total. The quantitative estimate of drug-likeness (QED) is 0.664. The molecule has 1 saturated heterocycles. The van der Waals surface area contributed by atoms with E-state index >= 15 is 0 Å². The number of hydrogen-bond donors (Lipinski definition) is 1. The van der Waals surface area contributed by atoms with Crippen molar-refractivity contribution in [2.24, 2.45) is 5.73 Å². The fourth-order valence-electron chi connectivity index (χ4n) is 2.37. The molecule has 1 heterocycles. The van der Waals surface area contributed by atoms with Gasteiger partial charge in [-0.15, -0.1) is 0 Å². The lowest BCUT2D eigenvalue weighted by atomic mass is 9.84. The van der Waals surface area contributed by atoms with Crippen LogP contribution in [0, 0.1) is 0 Å². The molecule has 1 atom stereocenters. The van der Waals surface area contributed by atoms with Gasteiger partial charge in [0.25, 0.3) is 0 Å². The summed E-state index contributed by atoms with van der Waals surface area (Å²) >= 11 is 0. The van der Waals surface area contributed by atoms with Crippen molar-refractivity contribution in [1.29, 1.82) is 0 Å². The highest BCUT2D eigenvalue weighted by Crippen LogP contribution is 2.34. The lowest BCUT2D eigenvalue weighted by molar-refractivity contribution is -0.206. The zero-order valence-electron chi connectivity index (χ0n) is 8.13. The molecule has 0 aromatic rings. The van der Waals surface area contributed by atoms with Crippen LogP contribution >= 0.6 is 0 Å². The Bertz CT molecular complexity index is 161. The van der Waals surface area contributed by atoms with E-state index in [1.54, 1.807) is 0 Å². The Hall–Kier alpha value is -0.120. The molecule has 1 unspecified atom stereocenters. The molecule has 0 aromatic heterocycles. The van der Waals surface area contributed by atoms with Crippen LogP contribution in [0.5, 0.6) is 0 Å². The molecule has 2 aliphatic rings. The SMILES string of the molecule is NCC1COCC2(CCCCC2)O1. The molecule has 1 saturated carbocycles. The van der Waals surface area contributed by atoms with E-state index in [0.717, 1.165) is 19.4 Å². The fraction of sp³-hybridized carbons (Fsp3) is 1.00. The Labute approximate surface area is 79.6 Å². The van der Waals surface area contributed by atoms with Crippen LogP contribution in [0.3, 0.4) is 0 Å². The Morgan fingerprint density at radius 3 is 2.69 bits per heavy atom. The van der Waals surface area contributed by atoms with Gasteiger partial charge in [-0.2, -0.15) is 0 Å². The minimum Gasteiger partial charge on any atom is -0.376 e. The molecule has 1 aliphatic heterocycles. The zero-order chi connectivity index (χ0) is 9.15. The minimum absolute atomic E-state index is 0.0283. The molecule has 0 aromatic carbocycles. The van der Waals surface area contributed by atoms with Gasteiger partial charge < -0.3 is 15.2 Å². The van der Waals surface area contributed by atoms with Gasteiger partial charge in [-0.3, -0.25) is 0 Å². The molecule has 76 valence electrons. The molecule has 2 fully saturated rings. The minimum atomic E-state index is 0.0283. The van der Waals surface area contributed by atoms with Gasteiger partial charge >= 0.3 is 0 Å². The van der Waals surface area contributed by atoms with Crippen LogP contribution in [-0.2, 0) is 9.47 Å². The first-order chi connectivity index (χ1) is 6.35. The number of hydrogen-bond acceptors (Lipinski definition) is 3. The third kappa shape index (κ3) is 2.03. The smallest absolute Gasteiger partial charge is 0.0939 e. The average Bonchev–Trinajstić information content (AvgIpc) is 2.19. The lowest BCUT2D eigenvalue weighted by Gasteiger charge is -2.43. The Balaban J connectivity index is 1.95. The highest BCUT2D eigenvalue weighted by molar-refractivity contribution is 4.88. The van der Waals surface area contributed by atoms with Crippen LogP contribution < -0.4 is 5.73 Å². The highest BCUT2D eigenvalue weighted by Gasteiger charge is 2.38. The summed E-state index contributed by atoms with van der Waals surface area (Å²) in [4.78, 5) is 0. The van der Waals surface area contributed by atoms with Crippen LogP contribution in [0.1, 0.15) is 32.1 Å². The van der Waals surface area contributed by atoms with Crippen molar-refractivity contribution in [2.45, 2.75) is 43.8 Å². The second kappa shape index (κ2) is 3.95. The Morgan fingerprint density at radius 2 is 2.00 bits per heavy atom. The summed E-state index contributed by atoms with van der Waals surface area (Å²) in [5.41, 5.74) is 5.62. The van der Waals surface area contributed by atoms with E-state index in [1.165, 1.54) is 19.3 Å². The van der Waals surface area contributed by atoms with Crippen molar-refractivity contribution >= 4 is 0 Å². The van der Waals surface area contributed by atoms with E-state index in [1.807, 2.05) is 0 Å². The summed E-state index contributed by atoms with van der Waals surface area (Å²) in [7, 11) is 0. The summed E-state index contributed by atoms with van der Waals surface area (Å²) < 4.78 is 11.6. The standard InChI is InChI=1S/C10H19NO2/c11-6-9-7-12-8-10(13-9)4-2-1-3-5-10/h9H,1-8,11H2. The second-order valence-corrected chi connectivity index (χ2v) is 4.23. The van der Waals surface area contributed by atoms with Gasteiger partial charge in [0.05, 0.1) is 24.9 Å². The van der Waals surface area contributed by atoms with E-state index < -0.39 is 0 Å². The van der Waals surface area contributed by atoms with Crippen LogP contribution in [0.15, 0.2) is 0 Å². The highest BCUT2D eigenvalue weighted by atomic mass is 16.6. The van der Waals surface area contributed by atoms with Crippen molar-refractivity contribution in [3.05, 3.63) is 0 Å². The van der Waals surface area contributed by atoms with E-state index in [-0.39, 0.29) is 11.7 Å². The van der Waals surface area contributed by atoms with Crippen molar-refractivity contribution in [3.63, 3.8) is 0 Å². The Morgan fingerprint density at radius 1 is 1.23 bits per heavy atom. The molecular weight excluding hydrogens is 166 g/mol. The summed E-state index contributed by atoms with van der Waals surface area (Å²) in [6, 6.07) is 0. The van der Waals surface area contributed by atoms with Gasteiger partial charge in [0.1, 0.15) is 0 Å². The topological polar surface area (TPSA) is 44.5 Å². The van der Waals surface area contributed by atoms with Crippen LogP contribution in [-0.4, -0.2) is 31.5 Å². The van der Waals surface area contributed by atoms with Gasteiger partial charge in [-0.25, -0.2) is 0 Å². The Kier molecular flexibility index (Phi) is 2.86. The van der Waals surface area contributed by atoms with E-state index in [4.69, 9.17) is 15.2 Å². The van der Waals surface area contributed by atoms with Crippen LogP contribution in [0.4, 0.5) is 0 Å². The summed E-state index contributed by atoms with van der Waals surface area (Å²) in [5, 5.41) is 0. The maximum absolute atomic E-state index is 6.01. The van der Waals surface area contributed by atoms with Gasteiger partial charge in [0.15, 0.2) is 0 Å². The van der Waals surface area contributed by atoms with Gasteiger partial charge in [0, 0.05) is 6.54 Å². The molecule has 0 amide bonds. The monoisotopic (exact) mass is 185 g/mol. The molecule has 1 spiro atoms. The van der Waals surface area contributed by atoms with Crippen molar-refractivity contribution in [3.8, 4) is 0 Å². The largest absolute Gasteiger partial charge is 0.376 e. The normalized spacial score (nSPS) is 33.5. The predicted molar refractivity (Wildman–Crippen MR) is 50.6 cm³/mol. The molecular formula is C10H19NO2. The summed E-state index contributed by atoms with van der Waals surface area (Å²) in [5.74, 6) is 0. The summed E-state index contributed by atoms with van der Waals surface area (Å²) in [6.07, 6.45) is 6.35. The van der Waals surface area contributed by atoms with Gasteiger partial charge in [-0.05, 0) is 12.8 Å². The average molecular weight is 185 g/mol. The van der Waals surface area contributed by atoms with Gasteiger partial charge in [0.2, 0.25) is 0 Å². The molecule has 1 aliphatic carbocycles. The fourth-order valence-corrected chi connectivity index (χ4v) is 2.37. The molecule has 2 rings (SSSR count). The van der Waals surface area contributed by atoms with Crippen LogP contribution in [0.25, 0.3) is 0 Å². The first-order valence-corrected chi connectivity index (χ1v) is 5.30. The van der Waals surface area contributed by atoms with E-state index in [9.17, 15) is 0 Å². The van der Waals surface area contributed by atoms with E-state index in [0.29, 0.717) is 13.2 Å². The van der Waals surface area contributed by atoms with Crippen molar-refractivity contribution in [1.82, 2.24) is 0 Å². The second-order valence-electron chi connectivity index (χ2n) is 4.23. The van der Waals surface area contributed by atoms with Crippen molar-refractivity contribution < 1.29 is 9.47 Å². The molecule has 13 heavy (non-hydrogen) atoms. The first-order valence-electron chi connectivity index (χ1n) is 5.30. The maximum atomic E-state index is 6.01. The van der Waals surface area contributed by atoms with Crippen molar-refractivity contribution in [2.75, 3.05) is 19.8 Å². The predicted octanol–water partition coefficient (Wildman–Crippen LogP) is 1.06.